The Bertz CT molecular complexity index is 343. The van der Waals surface area contributed by atoms with Crippen LogP contribution < -0.4 is 0 Å². The molecule has 0 saturated carbocycles. The summed E-state index contributed by atoms with van der Waals surface area (Å²) in [6, 6.07) is 0. The van der Waals surface area contributed by atoms with E-state index in [2.05, 4.69) is 20.8 Å². The van der Waals surface area contributed by atoms with E-state index in [1.165, 1.54) is 49.9 Å². The first-order valence-corrected chi connectivity index (χ1v) is 12.1. The van der Waals surface area contributed by atoms with E-state index in [0.717, 1.165) is 38.5 Å². The summed E-state index contributed by atoms with van der Waals surface area (Å²) in [4.78, 5) is 0. The smallest absolute Gasteiger partial charge is 0.324 e. The summed E-state index contributed by atoms with van der Waals surface area (Å²) in [5, 5.41) is 0. The van der Waals surface area contributed by atoms with E-state index in [1.54, 1.807) is 0 Å². The maximum Gasteiger partial charge on any atom is 0.330 e. The quantitative estimate of drug-likeness (QED) is 0.229. The van der Waals surface area contributed by atoms with E-state index in [0.29, 0.717) is 19.4 Å². The predicted octanol–water partition coefficient (Wildman–Crippen LogP) is 5.61. The predicted molar refractivity (Wildman–Crippen MR) is 103 cm³/mol. The Morgan fingerprint density at radius 1 is 0.833 bits per heavy atom. The summed E-state index contributed by atoms with van der Waals surface area (Å²) in [5.74, 6) is 0. The molecule has 1 aliphatic rings. The minimum atomic E-state index is -2.89. The average molecular weight is 363 g/mol. The zero-order valence-electron chi connectivity index (χ0n) is 16.4. The topological polar surface area (TPSA) is 35.5 Å². The first-order valence-electron chi connectivity index (χ1n) is 10.3. The van der Waals surface area contributed by atoms with Crippen LogP contribution in [-0.2, 0) is 13.6 Å². The monoisotopic (exact) mass is 362 g/mol. The van der Waals surface area contributed by atoms with Gasteiger partial charge in [0.05, 0.1) is 45.6 Å². The molecule has 1 fully saturated rings. The Kier molecular flexibility index (Phi) is 11.5. The standard InChI is InChI=1S/C19H41NO3P/c1-4-7-17-22-24(21,23-18-8-5-2)19-13-12-16-20(6-3)14-10-9-11-15-20/h4-19H2,1-3H3/q+1. The van der Waals surface area contributed by atoms with Gasteiger partial charge in [-0.05, 0) is 51.9 Å². The lowest BCUT2D eigenvalue weighted by Crippen LogP contribution is -2.51. The maximum absolute atomic E-state index is 12.9. The van der Waals surface area contributed by atoms with Crippen molar-refractivity contribution in [1.82, 2.24) is 0 Å². The molecule has 1 aliphatic heterocycles. The minimum Gasteiger partial charge on any atom is -0.324 e. The molecule has 0 atom stereocenters. The summed E-state index contributed by atoms with van der Waals surface area (Å²) in [5.41, 5.74) is 0. The molecule has 0 aliphatic carbocycles. The van der Waals surface area contributed by atoms with Crippen LogP contribution in [0.4, 0.5) is 0 Å². The van der Waals surface area contributed by atoms with Gasteiger partial charge >= 0.3 is 7.60 Å². The molecule has 1 rings (SSSR count). The molecule has 4 nitrogen and oxygen atoms in total. The molecule has 24 heavy (non-hydrogen) atoms. The SMILES string of the molecule is CCCCOP(=O)(CCCC[N+]1(CC)CCCCC1)OCCCC. The van der Waals surface area contributed by atoms with Crippen molar-refractivity contribution in [3.05, 3.63) is 0 Å². The molecule has 0 radical (unpaired) electrons. The van der Waals surface area contributed by atoms with Crippen LogP contribution in [0.2, 0.25) is 0 Å². The molecular formula is C19H41NO3P+. The summed E-state index contributed by atoms with van der Waals surface area (Å²) >= 11 is 0. The molecule has 1 heterocycles. The van der Waals surface area contributed by atoms with Gasteiger partial charge in [-0.25, -0.2) is 0 Å². The van der Waals surface area contributed by atoms with E-state index in [9.17, 15) is 4.57 Å². The van der Waals surface area contributed by atoms with Crippen molar-refractivity contribution in [3.63, 3.8) is 0 Å². The van der Waals surface area contributed by atoms with Gasteiger partial charge in [0.15, 0.2) is 0 Å². The van der Waals surface area contributed by atoms with Crippen molar-refractivity contribution in [2.24, 2.45) is 0 Å². The fourth-order valence-corrected chi connectivity index (χ4v) is 5.25. The number of hydrogen-bond acceptors (Lipinski definition) is 3. The third-order valence-corrected chi connectivity index (χ3v) is 7.34. The maximum atomic E-state index is 12.9. The Morgan fingerprint density at radius 2 is 1.42 bits per heavy atom. The minimum absolute atomic E-state index is 0.564. The second-order valence-electron chi connectivity index (χ2n) is 7.30. The highest BCUT2D eigenvalue weighted by Crippen LogP contribution is 2.49. The first-order chi connectivity index (χ1) is 11.6. The lowest BCUT2D eigenvalue weighted by Gasteiger charge is -2.41. The van der Waals surface area contributed by atoms with Crippen LogP contribution >= 0.6 is 7.60 Å². The van der Waals surface area contributed by atoms with Crippen molar-refractivity contribution < 1.29 is 18.1 Å². The van der Waals surface area contributed by atoms with Gasteiger partial charge in [-0.3, -0.25) is 4.57 Å². The number of hydrogen-bond donors (Lipinski definition) is 0. The van der Waals surface area contributed by atoms with Crippen LogP contribution in [0.3, 0.4) is 0 Å². The third-order valence-electron chi connectivity index (χ3n) is 5.32. The van der Waals surface area contributed by atoms with Crippen molar-refractivity contribution in [1.29, 1.82) is 0 Å². The number of likely N-dealkylation sites (tertiary alicyclic amines) is 1. The molecule has 5 heteroatoms. The van der Waals surface area contributed by atoms with E-state index in [4.69, 9.17) is 9.05 Å². The molecule has 0 amide bonds. The number of quaternary nitrogens is 1. The number of unbranched alkanes of at least 4 members (excludes halogenated alkanes) is 3. The van der Waals surface area contributed by atoms with Crippen molar-refractivity contribution >= 4 is 7.60 Å². The molecule has 0 aromatic rings. The molecule has 144 valence electrons. The highest BCUT2D eigenvalue weighted by atomic mass is 31.2. The van der Waals surface area contributed by atoms with Gasteiger partial charge < -0.3 is 13.5 Å². The number of rotatable bonds is 14. The molecule has 0 bridgehead atoms. The van der Waals surface area contributed by atoms with Crippen molar-refractivity contribution in [3.8, 4) is 0 Å². The van der Waals surface area contributed by atoms with E-state index < -0.39 is 7.60 Å². The molecule has 1 saturated heterocycles. The van der Waals surface area contributed by atoms with Crippen LogP contribution in [0.15, 0.2) is 0 Å². The van der Waals surface area contributed by atoms with Gasteiger partial charge in [0.1, 0.15) is 0 Å². The van der Waals surface area contributed by atoms with E-state index in [1.807, 2.05) is 0 Å². The van der Waals surface area contributed by atoms with Gasteiger partial charge in [0, 0.05) is 0 Å². The van der Waals surface area contributed by atoms with Crippen LogP contribution in [0.25, 0.3) is 0 Å². The Morgan fingerprint density at radius 3 is 1.92 bits per heavy atom. The molecule has 0 aromatic carbocycles. The van der Waals surface area contributed by atoms with Gasteiger partial charge in [-0.15, -0.1) is 0 Å². The molecule has 0 aromatic heterocycles. The first kappa shape index (κ1) is 22.2. The Balaban J connectivity index is 2.37. The molecule has 0 N–H and O–H groups in total. The summed E-state index contributed by atoms with van der Waals surface area (Å²) in [6.07, 6.45) is 10.8. The largest absolute Gasteiger partial charge is 0.330 e. The second kappa shape index (κ2) is 12.5. The van der Waals surface area contributed by atoms with Crippen LogP contribution in [0.5, 0.6) is 0 Å². The Labute approximate surface area is 150 Å². The second-order valence-corrected chi connectivity index (χ2v) is 9.49. The van der Waals surface area contributed by atoms with Crippen molar-refractivity contribution in [2.75, 3.05) is 45.6 Å². The fourth-order valence-electron chi connectivity index (χ4n) is 3.50. The summed E-state index contributed by atoms with van der Waals surface area (Å²) in [7, 11) is -2.89. The zero-order valence-corrected chi connectivity index (χ0v) is 17.3. The van der Waals surface area contributed by atoms with E-state index >= 15 is 0 Å². The molecular weight excluding hydrogens is 321 g/mol. The van der Waals surface area contributed by atoms with Gasteiger partial charge in [-0.2, -0.15) is 0 Å². The van der Waals surface area contributed by atoms with Gasteiger partial charge in [-0.1, -0.05) is 26.7 Å². The molecule has 0 spiro atoms. The van der Waals surface area contributed by atoms with Crippen LogP contribution in [-0.4, -0.2) is 50.0 Å². The highest BCUT2D eigenvalue weighted by molar-refractivity contribution is 7.53. The lowest BCUT2D eigenvalue weighted by atomic mass is 10.1. The normalized spacial score (nSPS) is 18.0. The van der Waals surface area contributed by atoms with E-state index in [-0.39, 0.29) is 0 Å². The van der Waals surface area contributed by atoms with Gasteiger partial charge in [0.25, 0.3) is 0 Å². The summed E-state index contributed by atoms with van der Waals surface area (Å²) in [6.45, 7) is 12.8. The lowest BCUT2D eigenvalue weighted by molar-refractivity contribution is -0.931. The highest BCUT2D eigenvalue weighted by Gasteiger charge is 2.28. The number of piperidine rings is 1. The van der Waals surface area contributed by atoms with Crippen LogP contribution in [0, 0.1) is 0 Å². The summed E-state index contributed by atoms with van der Waals surface area (Å²) < 4.78 is 25.6. The van der Waals surface area contributed by atoms with Gasteiger partial charge in [0.2, 0.25) is 0 Å². The fraction of sp³-hybridized carbons (Fsp3) is 1.00. The molecule has 0 unspecified atom stereocenters. The average Bonchev–Trinajstić information content (AvgIpc) is 2.60. The zero-order chi connectivity index (χ0) is 17.7. The van der Waals surface area contributed by atoms with Crippen molar-refractivity contribution in [2.45, 2.75) is 78.6 Å². The third kappa shape index (κ3) is 8.47. The number of nitrogens with zero attached hydrogens (tertiary/aromatic N) is 1. The Hall–Kier alpha value is 0.110. The van der Waals surface area contributed by atoms with Crippen LogP contribution in [0.1, 0.15) is 78.6 Å².